The summed E-state index contributed by atoms with van der Waals surface area (Å²) in [5, 5.41) is 0. The Balaban J connectivity index is 1.03. The van der Waals surface area contributed by atoms with Crippen molar-refractivity contribution in [2.45, 2.75) is 50.6 Å². The standard InChI is InChI=1S/C36H35F3N6O2/c37-36(38,39)33-32(42-35(43-33)31-9-4-18-44(31)22-46)28-16-12-26(13-17-28)25-10-14-27(15-11-25)29-20-40-34(41-29)30-8-5-19-45(30)23-47-21-24-6-2-1-3-7-24/h1-3,6-7,10-17,20,22,30-31H,4-5,8-9,18-19,21,23H2,(H,40,41)(H,42,43)/t30-,31-/m0/s1. The van der Waals surface area contributed by atoms with Crippen LogP contribution in [0, 0.1) is 0 Å². The summed E-state index contributed by atoms with van der Waals surface area (Å²) in [7, 11) is 0. The molecule has 2 fully saturated rings. The van der Waals surface area contributed by atoms with Gasteiger partial charge in [0, 0.05) is 18.7 Å². The summed E-state index contributed by atoms with van der Waals surface area (Å²) in [5.74, 6) is 1.09. The van der Waals surface area contributed by atoms with Gasteiger partial charge in [0.05, 0.1) is 30.6 Å². The molecule has 2 atom stereocenters. The van der Waals surface area contributed by atoms with Crippen molar-refractivity contribution in [1.82, 2.24) is 29.7 Å². The maximum atomic E-state index is 14.0. The van der Waals surface area contributed by atoms with E-state index in [1.807, 2.05) is 48.7 Å². The van der Waals surface area contributed by atoms with Gasteiger partial charge in [-0.1, -0.05) is 78.9 Å². The first kappa shape index (κ1) is 30.9. The van der Waals surface area contributed by atoms with Gasteiger partial charge in [-0.3, -0.25) is 9.69 Å². The van der Waals surface area contributed by atoms with Gasteiger partial charge in [0.1, 0.15) is 29.8 Å². The van der Waals surface area contributed by atoms with Crippen LogP contribution < -0.4 is 0 Å². The highest BCUT2D eigenvalue weighted by Gasteiger charge is 2.39. The van der Waals surface area contributed by atoms with Crippen LogP contribution in [0.15, 0.2) is 85.1 Å². The van der Waals surface area contributed by atoms with E-state index in [2.05, 4.69) is 32.0 Å². The van der Waals surface area contributed by atoms with Crippen LogP contribution >= 0.6 is 0 Å². The normalized spacial score (nSPS) is 18.7. The van der Waals surface area contributed by atoms with Crippen LogP contribution in [0.25, 0.3) is 33.6 Å². The highest BCUT2D eigenvalue weighted by atomic mass is 19.4. The lowest BCUT2D eigenvalue weighted by molar-refractivity contribution is -0.140. The minimum atomic E-state index is -4.61. The lowest BCUT2D eigenvalue weighted by Crippen LogP contribution is -2.26. The van der Waals surface area contributed by atoms with Crippen LogP contribution in [-0.4, -0.2) is 56.0 Å². The first-order chi connectivity index (χ1) is 22.9. The molecule has 3 aromatic carbocycles. The zero-order valence-corrected chi connectivity index (χ0v) is 25.7. The monoisotopic (exact) mass is 640 g/mol. The molecule has 2 saturated heterocycles. The van der Waals surface area contributed by atoms with Gasteiger partial charge in [0.25, 0.3) is 0 Å². The molecule has 0 aliphatic carbocycles. The molecule has 0 unspecified atom stereocenters. The van der Waals surface area contributed by atoms with Crippen molar-refractivity contribution in [2.75, 3.05) is 19.8 Å². The van der Waals surface area contributed by atoms with Crippen molar-refractivity contribution in [3.63, 3.8) is 0 Å². The lowest BCUT2D eigenvalue weighted by Gasteiger charge is -2.22. The van der Waals surface area contributed by atoms with E-state index in [9.17, 15) is 18.0 Å². The second-order valence-corrected chi connectivity index (χ2v) is 12.1. The van der Waals surface area contributed by atoms with Crippen LogP contribution in [0.3, 0.4) is 0 Å². The van der Waals surface area contributed by atoms with Crippen molar-refractivity contribution in [2.24, 2.45) is 0 Å². The van der Waals surface area contributed by atoms with E-state index in [1.165, 1.54) is 4.90 Å². The molecule has 11 heteroatoms. The molecular formula is C36H35F3N6O2. The Hall–Kier alpha value is -4.74. The van der Waals surface area contributed by atoms with Crippen LogP contribution in [0.1, 0.15) is 60.7 Å². The number of nitrogens with zero attached hydrogens (tertiary/aromatic N) is 4. The number of H-pyrrole nitrogens is 2. The fraction of sp³-hybridized carbons (Fsp3) is 0.306. The van der Waals surface area contributed by atoms with Gasteiger partial charge in [-0.05, 0) is 47.9 Å². The van der Waals surface area contributed by atoms with E-state index in [1.54, 1.807) is 24.3 Å². The van der Waals surface area contributed by atoms with Crippen molar-refractivity contribution in [3.8, 4) is 33.6 Å². The number of halogens is 3. The number of hydrogen-bond acceptors (Lipinski definition) is 5. The Morgan fingerprint density at radius 2 is 1.47 bits per heavy atom. The quantitative estimate of drug-likeness (QED) is 0.152. The Kier molecular flexibility index (Phi) is 8.66. The SMILES string of the molecule is O=CN1CCC[C@H]1c1nc(-c2ccc(-c3ccc(-c4cnc([C@@H]5CCCN5COCc5ccccc5)[nH]4)cc3)cc2)c(C(F)(F)F)[nH]1. The third kappa shape index (κ3) is 6.59. The number of carbonyl (C=O) groups is 1. The first-order valence-electron chi connectivity index (χ1n) is 15.9. The number of amides is 1. The predicted molar refractivity (Wildman–Crippen MR) is 172 cm³/mol. The highest BCUT2D eigenvalue weighted by Crippen LogP contribution is 2.39. The fourth-order valence-electron chi connectivity index (χ4n) is 6.63. The maximum absolute atomic E-state index is 14.0. The summed E-state index contributed by atoms with van der Waals surface area (Å²) < 4.78 is 47.9. The average Bonchev–Trinajstić information content (AvgIpc) is 3.91. The first-order valence-corrected chi connectivity index (χ1v) is 15.9. The van der Waals surface area contributed by atoms with Crippen LogP contribution in [0.4, 0.5) is 13.2 Å². The Morgan fingerprint density at radius 1 is 0.809 bits per heavy atom. The summed E-state index contributed by atoms with van der Waals surface area (Å²) in [4.78, 5) is 30.3. The number of carbonyl (C=O) groups excluding carboxylic acids is 1. The van der Waals surface area contributed by atoms with Crippen molar-refractivity contribution >= 4 is 6.41 Å². The van der Waals surface area contributed by atoms with E-state index in [4.69, 9.17) is 9.72 Å². The van der Waals surface area contributed by atoms with Crippen molar-refractivity contribution in [3.05, 3.63) is 108 Å². The third-order valence-electron chi connectivity index (χ3n) is 9.08. The van der Waals surface area contributed by atoms with Gasteiger partial charge in [0.15, 0.2) is 0 Å². The molecule has 7 rings (SSSR count). The van der Waals surface area contributed by atoms with Crippen LogP contribution in [-0.2, 0) is 22.3 Å². The number of ether oxygens (including phenoxy) is 1. The molecule has 1 amide bonds. The van der Waals surface area contributed by atoms with Crippen LogP contribution in [0.5, 0.6) is 0 Å². The van der Waals surface area contributed by atoms with Crippen molar-refractivity contribution < 1.29 is 22.7 Å². The molecule has 0 bridgehead atoms. The summed E-state index contributed by atoms with van der Waals surface area (Å²) in [6.07, 6.45) is 1.31. The maximum Gasteiger partial charge on any atom is 0.433 e. The average molecular weight is 641 g/mol. The van der Waals surface area contributed by atoms with E-state index < -0.39 is 17.9 Å². The second-order valence-electron chi connectivity index (χ2n) is 12.1. The zero-order chi connectivity index (χ0) is 32.4. The largest absolute Gasteiger partial charge is 0.433 e. The summed E-state index contributed by atoms with van der Waals surface area (Å²) >= 11 is 0. The number of imidazole rings is 2. The van der Waals surface area contributed by atoms with E-state index in [0.717, 1.165) is 59.6 Å². The zero-order valence-electron chi connectivity index (χ0n) is 25.7. The molecule has 0 saturated carbocycles. The molecule has 8 nitrogen and oxygen atoms in total. The molecular weight excluding hydrogens is 605 g/mol. The number of rotatable bonds is 10. The van der Waals surface area contributed by atoms with Gasteiger partial charge in [-0.25, -0.2) is 9.97 Å². The minimum absolute atomic E-state index is 0.161. The van der Waals surface area contributed by atoms with E-state index >= 15 is 0 Å². The summed E-state index contributed by atoms with van der Waals surface area (Å²) in [6.45, 7) is 2.58. The van der Waals surface area contributed by atoms with Gasteiger partial charge < -0.3 is 19.6 Å². The number of benzene rings is 3. The molecule has 5 aromatic rings. The topological polar surface area (TPSA) is 90.1 Å². The second kappa shape index (κ2) is 13.2. The molecule has 2 aromatic heterocycles. The van der Waals surface area contributed by atoms with E-state index in [0.29, 0.717) is 38.3 Å². The number of alkyl halides is 3. The minimum Gasteiger partial charge on any atom is -0.361 e. The number of likely N-dealkylation sites (tertiary alicyclic amines) is 2. The Morgan fingerprint density at radius 3 is 2.17 bits per heavy atom. The number of hydrogen-bond donors (Lipinski definition) is 2. The molecule has 2 aliphatic heterocycles. The molecule has 2 aliphatic rings. The highest BCUT2D eigenvalue weighted by molar-refractivity contribution is 5.72. The smallest absolute Gasteiger partial charge is 0.361 e. The van der Waals surface area contributed by atoms with Gasteiger partial charge in [-0.15, -0.1) is 0 Å². The molecule has 0 spiro atoms. The van der Waals surface area contributed by atoms with Crippen molar-refractivity contribution in [1.29, 1.82) is 0 Å². The molecule has 0 radical (unpaired) electrons. The summed E-state index contributed by atoms with van der Waals surface area (Å²) in [5.41, 5.74) is 4.16. The fourth-order valence-corrected chi connectivity index (χ4v) is 6.63. The number of aromatic amines is 2. The third-order valence-corrected chi connectivity index (χ3v) is 9.08. The van der Waals surface area contributed by atoms with Crippen LogP contribution in [0.2, 0.25) is 0 Å². The number of nitrogens with one attached hydrogen (secondary N) is 2. The lowest BCUT2D eigenvalue weighted by atomic mass is 10.0. The molecule has 2 N–H and O–H groups in total. The van der Waals surface area contributed by atoms with E-state index in [-0.39, 0.29) is 17.6 Å². The van der Waals surface area contributed by atoms with Gasteiger partial charge in [-0.2, -0.15) is 13.2 Å². The van der Waals surface area contributed by atoms with Gasteiger partial charge in [0.2, 0.25) is 6.41 Å². The van der Waals surface area contributed by atoms with Gasteiger partial charge >= 0.3 is 6.18 Å². The Labute approximate surface area is 270 Å². The predicted octanol–water partition coefficient (Wildman–Crippen LogP) is 7.76. The molecule has 242 valence electrons. The molecule has 47 heavy (non-hydrogen) atoms. The molecule has 4 heterocycles. The number of aromatic nitrogens is 4. The Bertz CT molecular complexity index is 1800. The summed E-state index contributed by atoms with van der Waals surface area (Å²) in [6, 6.07) is 24.8.